The average Bonchev–Trinajstić information content (AvgIpc) is 3.26. The van der Waals surface area contributed by atoms with E-state index in [0.29, 0.717) is 21.6 Å². The first-order valence-corrected chi connectivity index (χ1v) is 10.0. The maximum absolute atomic E-state index is 12.0. The quantitative estimate of drug-likeness (QED) is 0.423. The molecule has 0 aliphatic carbocycles. The number of nitrogens with zero attached hydrogens (tertiary/aromatic N) is 3. The number of ether oxygens (including phenoxy) is 2. The number of anilines is 2. The minimum atomic E-state index is -0.473. The van der Waals surface area contributed by atoms with Crippen LogP contribution in [0.1, 0.15) is 5.69 Å². The molecule has 0 spiro atoms. The normalized spacial score (nSPS) is 10.4. The summed E-state index contributed by atoms with van der Waals surface area (Å²) in [5, 5.41) is 13.0. The molecule has 0 radical (unpaired) electrons. The van der Waals surface area contributed by atoms with Crippen LogP contribution in [0.5, 0.6) is 5.75 Å². The molecule has 0 atom stereocenters. The fraction of sp³-hybridized carbons (Fsp3) is 0.0909. The predicted molar refractivity (Wildman–Crippen MR) is 115 cm³/mol. The van der Waals surface area contributed by atoms with Crippen molar-refractivity contribution < 1.29 is 14.3 Å². The number of rotatable bonds is 8. The summed E-state index contributed by atoms with van der Waals surface area (Å²) in [6.07, 6.45) is 1.65. The van der Waals surface area contributed by atoms with Crippen LogP contribution in [0.2, 0.25) is 0 Å². The van der Waals surface area contributed by atoms with Gasteiger partial charge >= 0.3 is 5.97 Å². The molecule has 0 saturated carbocycles. The summed E-state index contributed by atoms with van der Waals surface area (Å²) in [6, 6.07) is 22.6. The zero-order valence-corrected chi connectivity index (χ0v) is 16.7. The van der Waals surface area contributed by atoms with Crippen molar-refractivity contribution in [1.82, 2.24) is 15.2 Å². The van der Waals surface area contributed by atoms with Crippen molar-refractivity contribution in [2.75, 3.05) is 11.9 Å². The second kappa shape index (κ2) is 9.62. The highest BCUT2D eigenvalue weighted by molar-refractivity contribution is 7.18. The zero-order chi connectivity index (χ0) is 20.6. The van der Waals surface area contributed by atoms with Crippen molar-refractivity contribution in [2.24, 2.45) is 0 Å². The number of nitrogens with one attached hydrogen (secondary N) is 1. The molecule has 0 unspecified atom stereocenters. The van der Waals surface area contributed by atoms with E-state index in [-0.39, 0.29) is 13.2 Å². The van der Waals surface area contributed by atoms with Crippen molar-refractivity contribution in [3.63, 3.8) is 0 Å². The molecule has 150 valence electrons. The maximum Gasteiger partial charge on any atom is 0.344 e. The van der Waals surface area contributed by atoms with Gasteiger partial charge in [0, 0.05) is 11.9 Å². The fourth-order valence-electron chi connectivity index (χ4n) is 2.61. The highest BCUT2D eigenvalue weighted by Gasteiger charge is 2.14. The highest BCUT2D eigenvalue weighted by Crippen LogP contribution is 2.34. The standard InChI is InChI=1S/C22H18N4O3S/c27-20(29-14-17-10-6-7-13-23-17)15-28-19-12-5-4-11-18(19)21-25-26-22(30-21)24-16-8-2-1-3-9-16/h1-13H,14-15H2,(H,24,26). The molecule has 0 aliphatic rings. The van der Waals surface area contributed by atoms with Crippen LogP contribution in [0, 0.1) is 0 Å². The van der Waals surface area contributed by atoms with Crippen LogP contribution in [0.4, 0.5) is 10.8 Å². The molecule has 0 saturated heterocycles. The van der Waals surface area contributed by atoms with Crippen molar-refractivity contribution in [3.05, 3.63) is 84.7 Å². The maximum atomic E-state index is 12.0. The molecule has 1 N–H and O–H groups in total. The largest absolute Gasteiger partial charge is 0.481 e. The van der Waals surface area contributed by atoms with Gasteiger partial charge in [-0.3, -0.25) is 4.98 Å². The van der Waals surface area contributed by atoms with Crippen LogP contribution in [-0.2, 0) is 16.1 Å². The number of aromatic nitrogens is 3. The van der Waals surface area contributed by atoms with E-state index >= 15 is 0 Å². The summed E-state index contributed by atoms with van der Waals surface area (Å²) in [5.74, 6) is 0.0638. The van der Waals surface area contributed by atoms with Crippen molar-refractivity contribution >= 4 is 28.1 Å². The molecule has 7 nitrogen and oxygen atoms in total. The molecule has 4 aromatic rings. The van der Waals surface area contributed by atoms with Gasteiger partial charge in [-0.1, -0.05) is 47.7 Å². The Kier molecular flexibility index (Phi) is 6.26. The second-order valence-corrected chi connectivity index (χ2v) is 7.15. The van der Waals surface area contributed by atoms with Crippen molar-refractivity contribution in [1.29, 1.82) is 0 Å². The number of hydrogen-bond donors (Lipinski definition) is 1. The molecule has 30 heavy (non-hydrogen) atoms. The molecule has 2 aromatic carbocycles. The Morgan fingerprint density at radius 3 is 2.57 bits per heavy atom. The summed E-state index contributed by atoms with van der Waals surface area (Å²) < 4.78 is 10.9. The fourth-order valence-corrected chi connectivity index (χ4v) is 3.41. The molecule has 4 rings (SSSR count). The molecule has 2 aromatic heterocycles. The van der Waals surface area contributed by atoms with Crippen LogP contribution in [0.25, 0.3) is 10.6 Å². The molecule has 8 heteroatoms. The number of para-hydroxylation sites is 2. The third-order valence-corrected chi connectivity index (χ3v) is 4.89. The van der Waals surface area contributed by atoms with Crippen LogP contribution in [-0.4, -0.2) is 27.8 Å². The van der Waals surface area contributed by atoms with Gasteiger partial charge in [0.2, 0.25) is 5.13 Å². The van der Waals surface area contributed by atoms with E-state index in [1.165, 1.54) is 11.3 Å². The Labute approximate surface area is 177 Å². The number of pyridine rings is 1. The van der Waals surface area contributed by atoms with E-state index in [9.17, 15) is 4.79 Å². The lowest BCUT2D eigenvalue weighted by Crippen LogP contribution is -2.15. The summed E-state index contributed by atoms with van der Waals surface area (Å²) in [6.45, 7) is -0.104. The van der Waals surface area contributed by atoms with Crippen molar-refractivity contribution in [3.8, 4) is 16.3 Å². The lowest BCUT2D eigenvalue weighted by atomic mass is 10.2. The van der Waals surface area contributed by atoms with Crippen LogP contribution in [0.15, 0.2) is 79.0 Å². The van der Waals surface area contributed by atoms with E-state index < -0.39 is 5.97 Å². The first-order valence-electron chi connectivity index (χ1n) is 9.21. The molecule has 0 amide bonds. The number of benzene rings is 2. The van der Waals surface area contributed by atoms with E-state index in [0.717, 1.165) is 11.3 Å². The first kappa shape index (κ1) is 19.5. The van der Waals surface area contributed by atoms with Gasteiger partial charge in [0.05, 0.1) is 11.3 Å². The lowest BCUT2D eigenvalue weighted by Gasteiger charge is -2.09. The molecular weight excluding hydrogens is 400 g/mol. The predicted octanol–water partition coefficient (Wildman–Crippen LogP) is 4.47. The number of carbonyl (C=O) groups is 1. The number of esters is 1. The first-order chi connectivity index (χ1) is 14.8. The average molecular weight is 418 g/mol. The van der Waals surface area contributed by atoms with Gasteiger partial charge in [-0.05, 0) is 36.4 Å². The Balaban J connectivity index is 1.38. The third kappa shape index (κ3) is 5.18. The minimum Gasteiger partial charge on any atom is -0.481 e. The van der Waals surface area contributed by atoms with Crippen LogP contribution in [0.3, 0.4) is 0 Å². The molecule has 0 fully saturated rings. The monoisotopic (exact) mass is 418 g/mol. The van der Waals surface area contributed by atoms with Crippen LogP contribution < -0.4 is 10.1 Å². The van der Waals surface area contributed by atoms with Gasteiger partial charge in [-0.15, -0.1) is 10.2 Å². The topological polar surface area (TPSA) is 86.2 Å². The second-order valence-electron chi connectivity index (χ2n) is 6.17. The number of carbonyl (C=O) groups excluding carboxylic acids is 1. The summed E-state index contributed by atoms with van der Waals surface area (Å²) in [5.41, 5.74) is 2.37. The van der Waals surface area contributed by atoms with Crippen molar-refractivity contribution in [2.45, 2.75) is 6.61 Å². The van der Waals surface area contributed by atoms with Gasteiger partial charge in [-0.25, -0.2) is 4.79 Å². The Morgan fingerprint density at radius 2 is 1.73 bits per heavy atom. The SMILES string of the molecule is O=C(COc1ccccc1-c1nnc(Nc2ccccc2)s1)OCc1ccccn1. The number of hydrogen-bond acceptors (Lipinski definition) is 8. The molecule has 0 bridgehead atoms. The zero-order valence-electron chi connectivity index (χ0n) is 15.9. The van der Waals surface area contributed by atoms with E-state index in [1.54, 1.807) is 24.4 Å². The minimum absolute atomic E-state index is 0.107. The smallest absolute Gasteiger partial charge is 0.344 e. The highest BCUT2D eigenvalue weighted by atomic mass is 32.1. The molecular formula is C22H18N4O3S. The third-order valence-electron chi connectivity index (χ3n) is 4.02. The van der Waals surface area contributed by atoms with Gasteiger partial charge in [0.1, 0.15) is 12.4 Å². The summed E-state index contributed by atoms with van der Waals surface area (Å²) in [4.78, 5) is 16.2. The van der Waals surface area contributed by atoms with Gasteiger partial charge in [0.25, 0.3) is 0 Å². The summed E-state index contributed by atoms with van der Waals surface area (Å²) >= 11 is 1.40. The Hall–Kier alpha value is -3.78. The Bertz CT molecular complexity index is 1100. The van der Waals surface area contributed by atoms with E-state index in [1.807, 2.05) is 54.6 Å². The van der Waals surface area contributed by atoms with Gasteiger partial charge in [-0.2, -0.15) is 0 Å². The summed E-state index contributed by atoms with van der Waals surface area (Å²) in [7, 11) is 0. The van der Waals surface area contributed by atoms with E-state index in [2.05, 4.69) is 20.5 Å². The van der Waals surface area contributed by atoms with E-state index in [4.69, 9.17) is 9.47 Å². The van der Waals surface area contributed by atoms with Gasteiger partial charge < -0.3 is 14.8 Å². The lowest BCUT2D eigenvalue weighted by molar-refractivity contribution is -0.147. The van der Waals surface area contributed by atoms with Crippen LogP contribution >= 0.6 is 11.3 Å². The van der Waals surface area contributed by atoms with Gasteiger partial charge in [0.15, 0.2) is 11.6 Å². The molecule has 0 aliphatic heterocycles. The molecule has 2 heterocycles. The Morgan fingerprint density at radius 1 is 0.933 bits per heavy atom.